The maximum absolute atomic E-state index is 11.1. The number of rotatable bonds is 0. The molecule has 0 aromatic carbocycles. The van der Waals surface area contributed by atoms with Gasteiger partial charge in [-0.3, -0.25) is 4.79 Å². The number of carbonyl (C=O) groups is 1. The summed E-state index contributed by atoms with van der Waals surface area (Å²) in [5, 5.41) is 9.07. The van der Waals surface area contributed by atoms with E-state index >= 15 is 0 Å². The number of fused-ring (bicyclic) bond motifs is 2. The van der Waals surface area contributed by atoms with Crippen molar-refractivity contribution in [1.29, 1.82) is 0 Å². The first kappa shape index (κ1) is 5.96. The van der Waals surface area contributed by atoms with Crippen molar-refractivity contribution in [2.24, 2.45) is 11.8 Å². The van der Waals surface area contributed by atoms with Crippen molar-refractivity contribution in [3.8, 4) is 0 Å². The van der Waals surface area contributed by atoms with Gasteiger partial charge in [0.2, 0.25) is 0 Å². The summed E-state index contributed by atoms with van der Waals surface area (Å²) in [6.07, 6.45) is 4.75. The smallest absolute Gasteiger partial charge is 0.199 e. The number of aliphatic hydroxyl groups excluding tert-OH is 1. The normalized spacial score (nSPS) is 38.0. The molecule has 54 valence electrons. The van der Waals surface area contributed by atoms with Crippen LogP contribution in [0.1, 0.15) is 19.3 Å². The van der Waals surface area contributed by atoms with Gasteiger partial charge in [0.05, 0.1) is 0 Å². The summed E-state index contributed by atoms with van der Waals surface area (Å²) in [4.78, 5) is 11.1. The molecule has 2 unspecified atom stereocenters. The van der Waals surface area contributed by atoms with E-state index in [1.165, 1.54) is 0 Å². The molecule has 2 heteroatoms. The highest BCUT2D eigenvalue weighted by atomic mass is 16.3. The first-order chi connectivity index (χ1) is 4.77. The first-order valence-electron chi connectivity index (χ1n) is 3.72. The van der Waals surface area contributed by atoms with Crippen LogP contribution < -0.4 is 0 Å². The molecule has 2 atom stereocenters. The Labute approximate surface area is 59.5 Å². The second kappa shape index (κ2) is 1.84. The molecule has 2 aliphatic carbocycles. The van der Waals surface area contributed by atoms with Gasteiger partial charge >= 0.3 is 0 Å². The molecule has 0 saturated heterocycles. The third-order valence-corrected chi connectivity index (χ3v) is 2.49. The first-order valence-corrected chi connectivity index (χ1v) is 3.72. The monoisotopic (exact) mass is 138 g/mol. The third kappa shape index (κ3) is 0.681. The number of hydrogen-bond acceptors (Lipinski definition) is 2. The van der Waals surface area contributed by atoms with Gasteiger partial charge in [0, 0.05) is 5.92 Å². The lowest BCUT2D eigenvalue weighted by molar-refractivity contribution is -0.122. The summed E-state index contributed by atoms with van der Waals surface area (Å²) in [6, 6.07) is 0. The van der Waals surface area contributed by atoms with Crippen LogP contribution in [0.4, 0.5) is 0 Å². The molecule has 1 N–H and O–H groups in total. The van der Waals surface area contributed by atoms with Gasteiger partial charge in [0.1, 0.15) is 0 Å². The van der Waals surface area contributed by atoms with E-state index < -0.39 is 0 Å². The average molecular weight is 138 g/mol. The van der Waals surface area contributed by atoms with Gasteiger partial charge < -0.3 is 5.11 Å². The molecule has 0 amide bonds. The largest absolute Gasteiger partial charge is 0.505 e. The van der Waals surface area contributed by atoms with E-state index in [2.05, 4.69) is 0 Å². The fourth-order valence-electron chi connectivity index (χ4n) is 1.92. The van der Waals surface area contributed by atoms with E-state index in [0.29, 0.717) is 5.92 Å². The lowest BCUT2D eigenvalue weighted by Crippen LogP contribution is -2.17. The van der Waals surface area contributed by atoms with Gasteiger partial charge in [0.15, 0.2) is 11.5 Å². The lowest BCUT2D eigenvalue weighted by Gasteiger charge is -2.13. The second-order valence-electron chi connectivity index (χ2n) is 3.19. The summed E-state index contributed by atoms with van der Waals surface area (Å²) in [5.41, 5.74) is 0. The van der Waals surface area contributed by atoms with E-state index in [1.807, 2.05) is 0 Å². The van der Waals surface area contributed by atoms with Crippen molar-refractivity contribution in [1.82, 2.24) is 0 Å². The summed E-state index contributed by atoms with van der Waals surface area (Å²) in [6.45, 7) is 0. The van der Waals surface area contributed by atoms with Crippen molar-refractivity contribution in [3.63, 3.8) is 0 Å². The Morgan fingerprint density at radius 1 is 1.50 bits per heavy atom. The average Bonchev–Trinajstić information content (AvgIpc) is 2.29. The third-order valence-electron chi connectivity index (χ3n) is 2.49. The molecule has 2 aliphatic rings. The van der Waals surface area contributed by atoms with Crippen LogP contribution in [0.25, 0.3) is 0 Å². The Balaban J connectivity index is 2.33. The van der Waals surface area contributed by atoms with Crippen molar-refractivity contribution in [3.05, 3.63) is 11.8 Å². The quantitative estimate of drug-likeness (QED) is 0.549. The summed E-state index contributed by atoms with van der Waals surface area (Å²) >= 11 is 0. The van der Waals surface area contributed by atoms with E-state index in [-0.39, 0.29) is 17.5 Å². The number of hydrogen-bond donors (Lipinski definition) is 1. The summed E-state index contributed by atoms with van der Waals surface area (Å²) in [5.74, 6) is 0.616. The predicted molar refractivity (Wildman–Crippen MR) is 36.5 cm³/mol. The molecule has 0 aliphatic heterocycles. The Hall–Kier alpha value is -0.790. The van der Waals surface area contributed by atoms with E-state index in [0.717, 1.165) is 19.3 Å². The number of carbonyl (C=O) groups excluding carboxylic acids is 1. The molecule has 0 aromatic heterocycles. The molecule has 10 heavy (non-hydrogen) atoms. The SMILES string of the molecule is O=C1C(O)=CC2CCC1C2. The van der Waals surface area contributed by atoms with E-state index in [9.17, 15) is 4.79 Å². The predicted octanol–water partition coefficient (Wildman–Crippen LogP) is 1.43. The van der Waals surface area contributed by atoms with E-state index in [1.54, 1.807) is 6.08 Å². The van der Waals surface area contributed by atoms with Crippen LogP contribution in [0.5, 0.6) is 0 Å². The molecule has 0 spiro atoms. The number of ketones is 1. The zero-order valence-electron chi connectivity index (χ0n) is 5.71. The highest BCUT2D eigenvalue weighted by molar-refractivity contribution is 5.96. The molecule has 1 fully saturated rings. The molecule has 2 bridgehead atoms. The Bertz CT molecular complexity index is 205. The van der Waals surface area contributed by atoms with Crippen LogP contribution in [0.2, 0.25) is 0 Å². The lowest BCUT2D eigenvalue weighted by atomic mass is 9.93. The van der Waals surface area contributed by atoms with Gasteiger partial charge in [-0.25, -0.2) is 0 Å². The highest BCUT2D eigenvalue weighted by Gasteiger charge is 2.35. The number of Topliss-reactive ketones (excluding diaryl/α,β-unsaturated/α-hetero) is 1. The summed E-state index contributed by atoms with van der Waals surface area (Å²) < 4.78 is 0. The zero-order valence-corrected chi connectivity index (χ0v) is 5.71. The molecule has 2 nitrogen and oxygen atoms in total. The van der Waals surface area contributed by atoms with Crippen LogP contribution in [0.3, 0.4) is 0 Å². The Kier molecular flexibility index (Phi) is 1.10. The van der Waals surface area contributed by atoms with Crippen LogP contribution in [-0.4, -0.2) is 10.9 Å². The summed E-state index contributed by atoms with van der Waals surface area (Å²) in [7, 11) is 0. The topological polar surface area (TPSA) is 37.3 Å². The van der Waals surface area contributed by atoms with Crippen LogP contribution >= 0.6 is 0 Å². The maximum Gasteiger partial charge on any atom is 0.199 e. The minimum Gasteiger partial charge on any atom is -0.505 e. The van der Waals surface area contributed by atoms with Crippen molar-refractivity contribution in [2.75, 3.05) is 0 Å². The zero-order chi connectivity index (χ0) is 7.14. The second-order valence-corrected chi connectivity index (χ2v) is 3.19. The van der Waals surface area contributed by atoms with Crippen LogP contribution in [-0.2, 0) is 4.79 Å². The standard InChI is InChI=1S/C8H10O2/c9-7-4-5-1-2-6(3-5)8(7)10/h4-6,9H,1-3H2. The minimum atomic E-state index is -0.0336. The number of allylic oxidation sites excluding steroid dienone is 2. The minimum absolute atomic E-state index is 0.0127. The molecular formula is C8H10O2. The maximum atomic E-state index is 11.1. The highest BCUT2D eigenvalue weighted by Crippen LogP contribution is 2.37. The molecule has 0 heterocycles. The van der Waals surface area contributed by atoms with Crippen molar-refractivity contribution < 1.29 is 9.90 Å². The van der Waals surface area contributed by atoms with Crippen molar-refractivity contribution in [2.45, 2.75) is 19.3 Å². The van der Waals surface area contributed by atoms with Gasteiger partial charge in [-0.2, -0.15) is 0 Å². The molecule has 0 radical (unpaired) electrons. The molecule has 0 aromatic rings. The Morgan fingerprint density at radius 2 is 2.30 bits per heavy atom. The number of aliphatic hydroxyl groups is 1. The van der Waals surface area contributed by atoms with Gasteiger partial charge in [-0.05, 0) is 31.3 Å². The van der Waals surface area contributed by atoms with Crippen LogP contribution in [0, 0.1) is 11.8 Å². The van der Waals surface area contributed by atoms with Gasteiger partial charge in [0.25, 0.3) is 0 Å². The molecule has 1 saturated carbocycles. The fourth-order valence-corrected chi connectivity index (χ4v) is 1.92. The van der Waals surface area contributed by atoms with Gasteiger partial charge in [-0.15, -0.1) is 0 Å². The van der Waals surface area contributed by atoms with Crippen LogP contribution in [0.15, 0.2) is 11.8 Å². The molecular weight excluding hydrogens is 128 g/mol. The molecule has 2 rings (SSSR count). The van der Waals surface area contributed by atoms with E-state index in [4.69, 9.17) is 5.11 Å². The fraction of sp³-hybridized carbons (Fsp3) is 0.625. The van der Waals surface area contributed by atoms with Crippen molar-refractivity contribution >= 4 is 5.78 Å². The van der Waals surface area contributed by atoms with Gasteiger partial charge in [-0.1, -0.05) is 0 Å². The Morgan fingerprint density at radius 3 is 3.10 bits per heavy atom.